The van der Waals surface area contributed by atoms with Gasteiger partial charge in [-0.1, -0.05) is 35.3 Å². The SMILES string of the molecule is O=C(c1cc2cc(Cl)ccc2[nH]1)N1CCN(c2ccccc2Cl)CC1. The average molecular weight is 374 g/mol. The molecule has 3 aromatic rings. The number of hydrogen-bond acceptors (Lipinski definition) is 2. The molecule has 0 aliphatic carbocycles. The zero-order valence-electron chi connectivity index (χ0n) is 13.5. The second kappa shape index (κ2) is 6.62. The van der Waals surface area contributed by atoms with Crippen molar-refractivity contribution < 1.29 is 4.79 Å². The molecule has 0 saturated carbocycles. The van der Waals surface area contributed by atoms with Gasteiger partial charge in [0.1, 0.15) is 5.69 Å². The lowest BCUT2D eigenvalue weighted by atomic mass is 10.2. The van der Waals surface area contributed by atoms with E-state index in [9.17, 15) is 4.79 Å². The van der Waals surface area contributed by atoms with Crippen molar-refractivity contribution >= 4 is 45.7 Å². The van der Waals surface area contributed by atoms with E-state index in [1.807, 2.05) is 53.4 Å². The summed E-state index contributed by atoms with van der Waals surface area (Å²) in [5, 5.41) is 2.36. The Morgan fingerprint density at radius 2 is 1.72 bits per heavy atom. The number of nitrogens with one attached hydrogen (secondary N) is 1. The van der Waals surface area contributed by atoms with E-state index in [1.165, 1.54) is 0 Å². The van der Waals surface area contributed by atoms with E-state index in [1.54, 1.807) is 0 Å². The van der Waals surface area contributed by atoms with Crippen LogP contribution < -0.4 is 4.90 Å². The Bertz CT molecular complexity index is 929. The molecule has 1 aliphatic rings. The number of rotatable bonds is 2. The number of piperazine rings is 1. The van der Waals surface area contributed by atoms with E-state index in [0.29, 0.717) is 23.8 Å². The molecule has 4 nitrogen and oxygen atoms in total. The summed E-state index contributed by atoms with van der Waals surface area (Å²) in [4.78, 5) is 20.1. The first kappa shape index (κ1) is 16.3. The van der Waals surface area contributed by atoms with E-state index < -0.39 is 0 Å². The number of amides is 1. The van der Waals surface area contributed by atoms with Crippen LogP contribution in [0.5, 0.6) is 0 Å². The molecule has 1 fully saturated rings. The van der Waals surface area contributed by atoms with Crippen LogP contribution in [0, 0.1) is 0 Å². The molecule has 1 aliphatic heterocycles. The zero-order chi connectivity index (χ0) is 17.4. The van der Waals surface area contributed by atoms with Crippen molar-refractivity contribution in [2.45, 2.75) is 0 Å². The number of aromatic amines is 1. The molecule has 1 N–H and O–H groups in total. The van der Waals surface area contributed by atoms with Crippen LogP contribution in [0.4, 0.5) is 5.69 Å². The van der Waals surface area contributed by atoms with Crippen LogP contribution in [-0.4, -0.2) is 42.0 Å². The quantitative estimate of drug-likeness (QED) is 0.721. The van der Waals surface area contributed by atoms with Crippen molar-refractivity contribution in [2.24, 2.45) is 0 Å². The summed E-state index contributed by atoms with van der Waals surface area (Å²) in [5.74, 6) is 0.0196. The summed E-state index contributed by atoms with van der Waals surface area (Å²) >= 11 is 12.3. The van der Waals surface area contributed by atoms with Gasteiger partial charge in [0.25, 0.3) is 5.91 Å². The van der Waals surface area contributed by atoms with E-state index in [4.69, 9.17) is 23.2 Å². The first-order chi connectivity index (χ1) is 12.1. The van der Waals surface area contributed by atoms with Crippen molar-refractivity contribution in [2.75, 3.05) is 31.1 Å². The number of fused-ring (bicyclic) bond motifs is 1. The number of H-pyrrole nitrogens is 1. The van der Waals surface area contributed by atoms with Crippen LogP contribution in [0.25, 0.3) is 10.9 Å². The Labute approximate surface area is 155 Å². The summed E-state index contributed by atoms with van der Waals surface area (Å²) in [6.07, 6.45) is 0. The van der Waals surface area contributed by atoms with E-state index in [0.717, 1.165) is 34.7 Å². The van der Waals surface area contributed by atoms with Crippen molar-refractivity contribution in [3.8, 4) is 0 Å². The molecule has 6 heteroatoms. The highest BCUT2D eigenvalue weighted by atomic mass is 35.5. The predicted molar refractivity (Wildman–Crippen MR) is 103 cm³/mol. The van der Waals surface area contributed by atoms with Gasteiger partial charge in [0.05, 0.1) is 10.7 Å². The van der Waals surface area contributed by atoms with Gasteiger partial charge in [-0.15, -0.1) is 0 Å². The smallest absolute Gasteiger partial charge is 0.270 e. The molecule has 1 amide bonds. The van der Waals surface area contributed by atoms with Gasteiger partial charge in [-0.3, -0.25) is 4.79 Å². The van der Waals surface area contributed by atoms with Crippen LogP contribution in [0.15, 0.2) is 48.5 Å². The molecule has 1 saturated heterocycles. The van der Waals surface area contributed by atoms with Crippen molar-refractivity contribution in [1.82, 2.24) is 9.88 Å². The van der Waals surface area contributed by atoms with Gasteiger partial charge >= 0.3 is 0 Å². The fourth-order valence-electron chi connectivity index (χ4n) is 3.25. The number of carbonyl (C=O) groups excluding carboxylic acids is 1. The average Bonchev–Trinajstić information content (AvgIpc) is 3.05. The summed E-state index contributed by atoms with van der Waals surface area (Å²) in [6, 6.07) is 15.2. The molecule has 0 radical (unpaired) electrons. The summed E-state index contributed by atoms with van der Waals surface area (Å²) in [5.41, 5.74) is 2.54. The van der Waals surface area contributed by atoms with E-state index in [2.05, 4.69) is 9.88 Å². The Morgan fingerprint density at radius 3 is 2.48 bits per heavy atom. The fraction of sp³-hybridized carbons (Fsp3) is 0.211. The van der Waals surface area contributed by atoms with Gasteiger partial charge in [0.15, 0.2) is 0 Å². The van der Waals surface area contributed by atoms with Gasteiger partial charge in [0.2, 0.25) is 0 Å². The third-order valence-electron chi connectivity index (χ3n) is 4.57. The number of nitrogens with zero attached hydrogens (tertiary/aromatic N) is 2. The van der Waals surface area contributed by atoms with Gasteiger partial charge in [-0.25, -0.2) is 0 Å². The Morgan fingerprint density at radius 1 is 0.960 bits per heavy atom. The highest BCUT2D eigenvalue weighted by Crippen LogP contribution is 2.26. The standard InChI is InChI=1S/C19H17Cl2N3O/c20-14-5-6-16-13(11-14)12-17(22-16)19(25)24-9-7-23(8-10-24)18-4-2-1-3-15(18)21/h1-6,11-12,22H,7-10H2. The summed E-state index contributed by atoms with van der Waals surface area (Å²) in [6.45, 7) is 2.86. The Kier molecular flexibility index (Phi) is 4.32. The van der Waals surface area contributed by atoms with Crippen LogP contribution in [0.2, 0.25) is 10.0 Å². The van der Waals surface area contributed by atoms with Crippen molar-refractivity contribution in [3.05, 3.63) is 64.3 Å². The second-order valence-electron chi connectivity index (χ2n) is 6.15. The van der Waals surface area contributed by atoms with Crippen LogP contribution in [-0.2, 0) is 0 Å². The summed E-state index contributed by atoms with van der Waals surface area (Å²) < 4.78 is 0. The zero-order valence-corrected chi connectivity index (χ0v) is 15.0. The van der Waals surface area contributed by atoms with Gasteiger partial charge in [-0.05, 0) is 36.4 Å². The third-order valence-corrected chi connectivity index (χ3v) is 5.13. The Hall–Kier alpha value is -2.17. The maximum absolute atomic E-state index is 12.8. The second-order valence-corrected chi connectivity index (χ2v) is 6.99. The molecule has 0 atom stereocenters. The first-order valence-corrected chi connectivity index (χ1v) is 8.94. The van der Waals surface area contributed by atoms with Gasteiger partial charge in [-0.2, -0.15) is 0 Å². The molecule has 4 rings (SSSR count). The maximum atomic E-state index is 12.8. The lowest BCUT2D eigenvalue weighted by Gasteiger charge is -2.36. The van der Waals surface area contributed by atoms with E-state index in [-0.39, 0.29) is 5.91 Å². The molecule has 2 heterocycles. The summed E-state index contributed by atoms with van der Waals surface area (Å²) in [7, 11) is 0. The number of para-hydroxylation sites is 1. The number of carbonyl (C=O) groups is 1. The normalized spacial score (nSPS) is 15.0. The van der Waals surface area contributed by atoms with Gasteiger partial charge in [0, 0.05) is 42.1 Å². The highest BCUT2D eigenvalue weighted by molar-refractivity contribution is 6.33. The van der Waals surface area contributed by atoms with Crippen LogP contribution in [0.1, 0.15) is 10.5 Å². The minimum absolute atomic E-state index is 0.0196. The monoisotopic (exact) mass is 373 g/mol. The van der Waals surface area contributed by atoms with Gasteiger partial charge < -0.3 is 14.8 Å². The molecular weight excluding hydrogens is 357 g/mol. The minimum atomic E-state index is 0.0196. The molecule has 128 valence electrons. The lowest BCUT2D eigenvalue weighted by molar-refractivity contribution is 0.0742. The number of anilines is 1. The number of aromatic nitrogens is 1. The highest BCUT2D eigenvalue weighted by Gasteiger charge is 2.24. The Balaban J connectivity index is 1.48. The lowest BCUT2D eigenvalue weighted by Crippen LogP contribution is -2.49. The molecule has 0 bridgehead atoms. The van der Waals surface area contributed by atoms with Crippen molar-refractivity contribution in [3.63, 3.8) is 0 Å². The first-order valence-electron chi connectivity index (χ1n) is 8.19. The van der Waals surface area contributed by atoms with Crippen molar-refractivity contribution in [1.29, 1.82) is 0 Å². The van der Waals surface area contributed by atoms with Crippen LogP contribution in [0.3, 0.4) is 0 Å². The fourth-order valence-corrected chi connectivity index (χ4v) is 3.68. The number of halogens is 2. The molecule has 0 unspecified atom stereocenters. The predicted octanol–water partition coefficient (Wildman–Crippen LogP) is 4.44. The number of hydrogen-bond donors (Lipinski definition) is 1. The van der Waals surface area contributed by atoms with E-state index >= 15 is 0 Å². The molecular formula is C19H17Cl2N3O. The molecule has 25 heavy (non-hydrogen) atoms. The largest absolute Gasteiger partial charge is 0.367 e. The number of benzene rings is 2. The topological polar surface area (TPSA) is 39.3 Å². The third kappa shape index (κ3) is 3.20. The maximum Gasteiger partial charge on any atom is 0.270 e. The molecule has 2 aromatic carbocycles. The van der Waals surface area contributed by atoms with Crippen LogP contribution >= 0.6 is 23.2 Å². The minimum Gasteiger partial charge on any atom is -0.367 e. The molecule has 0 spiro atoms. The molecule has 1 aromatic heterocycles.